The molecule has 0 unspecified atom stereocenters. The molecule has 2 aromatic heterocycles. The third-order valence-corrected chi connectivity index (χ3v) is 5.52. The molecule has 0 atom stereocenters. The van der Waals surface area contributed by atoms with Crippen LogP contribution in [0.25, 0.3) is 0 Å². The highest BCUT2D eigenvalue weighted by Gasteiger charge is 2.16. The van der Waals surface area contributed by atoms with Gasteiger partial charge in [0.2, 0.25) is 11.9 Å². The summed E-state index contributed by atoms with van der Waals surface area (Å²) in [5.74, 6) is 0.152. The fraction of sp³-hybridized carbons (Fsp3) is 0.391. The first-order valence-corrected chi connectivity index (χ1v) is 10.6. The van der Waals surface area contributed by atoms with Gasteiger partial charge in [-0.25, -0.2) is 9.97 Å². The quantitative estimate of drug-likeness (QED) is 0.508. The number of carbonyl (C=O) groups is 1. The molecular formula is C23H31N7O. The lowest BCUT2D eigenvalue weighted by Crippen LogP contribution is -2.29. The maximum Gasteiger partial charge on any atom is 0.227 e. The van der Waals surface area contributed by atoms with E-state index >= 15 is 0 Å². The maximum absolute atomic E-state index is 11.3. The second-order valence-corrected chi connectivity index (χ2v) is 7.74. The molecule has 0 bridgehead atoms. The van der Waals surface area contributed by atoms with E-state index in [0.717, 1.165) is 54.0 Å². The van der Waals surface area contributed by atoms with Crippen molar-refractivity contribution in [3.63, 3.8) is 0 Å². The molecule has 1 aliphatic rings. The Morgan fingerprint density at radius 3 is 2.71 bits per heavy atom. The predicted molar refractivity (Wildman–Crippen MR) is 123 cm³/mol. The van der Waals surface area contributed by atoms with E-state index in [0.29, 0.717) is 24.8 Å². The lowest BCUT2D eigenvalue weighted by molar-refractivity contribution is -0.117. The molecule has 1 amide bonds. The van der Waals surface area contributed by atoms with Gasteiger partial charge in [-0.15, -0.1) is 0 Å². The van der Waals surface area contributed by atoms with Crippen molar-refractivity contribution >= 4 is 17.5 Å². The number of nitrogens with one attached hydrogen (secondary N) is 2. The summed E-state index contributed by atoms with van der Waals surface area (Å²) in [4.78, 5) is 20.4. The number of rotatable bonds is 10. The van der Waals surface area contributed by atoms with Crippen molar-refractivity contribution in [1.29, 1.82) is 0 Å². The first-order chi connectivity index (χ1) is 15.0. The number of nitrogens with zero attached hydrogens (tertiary/aromatic N) is 4. The summed E-state index contributed by atoms with van der Waals surface area (Å²) >= 11 is 0. The molecule has 1 aliphatic heterocycles. The number of aryl methyl sites for hydroxylation is 2. The van der Waals surface area contributed by atoms with Gasteiger partial charge in [0.15, 0.2) is 0 Å². The first-order valence-electron chi connectivity index (χ1n) is 10.6. The summed E-state index contributed by atoms with van der Waals surface area (Å²) < 4.78 is 2.02. The minimum atomic E-state index is -0.385. The smallest absolute Gasteiger partial charge is 0.227 e. The van der Waals surface area contributed by atoms with Crippen molar-refractivity contribution in [2.45, 2.75) is 45.1 Å². The van der Waals surface area contributed by atoms with Gasteiger partial charge in [-0.3, -0.25) is 9.48 Å². The molecular weight excluding hydrogens is 390 g/mol. The predicted octanol–water partition coefficient (Wildman–Crippen LogP) is 3.13. The molecule has 1 saturated heterocycles. The normalized spacial score (nSPS) is 15.3. The Bertz CT molecular complexity index is 970. The molecule has 3 rings (SSSR count). The molecule has 3 heterocycles. The van der Waals surface area contributed by atoms with Crippen LogP contribution in [0, 0.1) is 6.92 Å². The summed E-state index contributed by atoms with van der Waals surface area (Å²) in [6.45, 7) is 11.7. The highest BCUT2D eigenvalue weighted by molar-refractivity contribution is 5.77. The number of aromatic nitrogens is 4. The van der Waals surface area contributed by atoms with Gasteiger partial charge in [0.1, 0.15) is 0 Å². The van der Waals surface area contributed by atoms with E-state index in [4.69, 9.17) is 10.7 Å². The second kappa shape index (κ2) is 10.7. The fourth-order valence-corrected chi connectivity index (χ4v) is 3.74. The Morgan fingerprint density at radius 2 is 2.03 bits per heavy atom. The zero-order valence-electron chi connectivity index (χ0n) is 18.1. The monoisotopic (exact) mass is 421 g/mol. The van der Waals surface area contributed by atoms with Gasteiger partial charge in [0, 0.05) is 18.1 Å². The van der Waals surface area contributed by atoms with Crippen LogP contribution in [-0.2, 0) is 11.2 Å². The third kappa shape index (κ3) is 6.11. The third-order valence-electron chi connectivity index (χ3n) is 5.52. The maximum atomic E-state index is 11.3. The number of hydrogen-bond donors (Lipinski definition) is 3. The SMILES string of the molecule is C=C/C(CCc1nc(Nc2cnn(C3CCNCC3)c2)ncc1C)=C(\C=C)CC(N)=O. The van der Waals surface area contributed by atoms with Crippen LogP contribution in [0.3, 0.4) is 0 Å². The van der Waals surface area contributed by atoms with Crippen LogP contribution in [0.5, 0.6) is 0 Å². The van der Waals surface area contributed by atoms with Crippen molar-refractivity contribution in [1.82, 2.24) is 25.1 Å². The summed E-state index contributed by atoms with van der Waals surface area (Å²) in [5, 5.41) is 11.1. The summed E-state index contributed by atoms with van der Waals surface area (Å²) in [6.07, 6.45) is 12.7. The van der Waals surface area contributed by atoms with Gasteiger partial charge in [0.25, 0.3) is 0 Å². The van der Waals surface area contributed by atoms with E-state index in [1.54, 1.807) is 12.2 Å². The topological polar surface area (TPSA) is 111 Å². The summed E-state index contributed by atoms with van der Waals surface area (Å²) in [7, 11) is 0. The van der Waals surface area contributed by atoms with Gasteiger partial charge < -0.3 is 16.4 Å². The van der Waals surface area contributed by atoms with Crippen molar-refractivity contribution in [3.8, 4) is 0 Å². The van der Waals surface area contributed by atoms with Gasteiger partial charge in [-0.1, -0.05) is 25.3 Å². The molecule has 0 saturated carbocycles. The van der Waals surface area contributed by atoms with E-state index in [-0.39, 0.29) is 12.3 Å². The molecule has 8 heteroatoms. The zero-order chi connectivity index (χ0) is 22.2. The molecule has 4 N–H and O–H groups in total. The van der Waals surface area contributed by atoms with E-state index in [9.17, 15) is 4.79 Å². The summed E-state index contributed by atoms with van der Waals surface area (Å²) in [5.41, 5.74) is 9.91. The van der Waals surface area contributed by atoms with Gasteiger partial charge in [0.05, 0.1) is 24.3 Å². The van der Waals surface area contributed by atoms with E-state index in [1.165, 1.54) is 0 Å². The largest absolute Gasteiger partial charge is 0.369 e. The van der Waals surface area contributed by atoms with E-state index in [1.807, 2.05) is 30.2 Å². The number of amides is 1. The van der Waals surface area contributed by atoms with Gasteiger partial charge in [-0.2, -0.15) is 5.10 Å². The minimum absolute atomic E-state index is 0.154. The van der Waals surface area contributed by atoms with Crippen molar-refractivity contribution in [2.24, 2.45) is 5.73 Å². The average Bonchev–Trinajstić information content (AvgIpc) is 3.24. The van der Waals surface area contributed by atoms with Crippen LogP contribution >= 0.6 is 0 Å². The molecule has 8 nitrogen and oxygen atoms in total. The lowest BCUT2D eigenvalue weighted by atomic mass is 9.98. The Kier molecular flexibility index (Phi) is 7.72. The number of hydrogen-bond acceptors (Lipinski definition) is 6. The van der Waals surface area contributed by atoms with Crippen molar-refractivity contribution < 1.29 is 4.79 Å². The van der Waals surface area contributed by atoms with Crippen LogP contribution in [0.1, 0.15) is 43.0 Å². The molecule has 164 valence electrons. The second-order valence-electron chi connectivity index (χ2n) is 7.74. The fourth-order valence-electron chi connectivity index (χ4n) is 3.74. The zero-order valence-corrected chi connectivity index (χ0v) is 18.1. The van der Waals surface area contributed by atoms with Gasteiger partial charge in [-0.05, 0) is 62.4 Å². The van der Waals surface area contributed by atoms with E-state index in [2.05, 4.69) is 33.9 Å². The van der Waals surface area contributed by atoms with Crippen LogP contribution in [0.2, 0.25) is 0 Å². The van der Waals surface area contributed by atoms with Crippen molar-refractivity contribution in [2.75, 3.05) is 18.4 Å². The van der Waals surface area contributed by atoms with Crippen molar-refractivity contribution in [3.05, 3.63) is 66.3 Å². The molecule has 0 radical (unpaired) electrons. The molecule has 31 heavy (non-hydrogen) atoms. The summed E-state index contributed by atoms with van der Waals surface area (Å²) in [6, 6.07) is 0.426. The van der Waals surface area contributed by atoms with Crippen LogP contribution in [0.15, 0.2) is 55.0 Å². The highest BCUT2D eigenvalue weighted by atomic mass is 16.1. The number of anilines is 2. The van der Waals surface area contributed by atoms with Crippen LogP contribution in [-0.4, -0.2) is 38.7 Å². The van der Waals surface area contributed by atoms with Crippen LogP contribution < -0.4 is 16.4 Å². The Hall–Kier alpha value is -3.26. The Labute approximate surface area is 183 Å². The van der Waals surface area contributed by atoms with Crippen LogP contribution in [0.4, 0.5) is 11.6 Å². The first kappa shape index (κ1) is 22.4. The lowest BCUT2D eigenvalue weighted by Gasteiger charge is -2.22. The van der Waals surface area contributed by atoms with Gasteiger partial charge >= 0.3 is 0 Å². The molecule has 0 aliphatic carbocycles. The Balaban J connectivity index is 1.69. The number of nitrogens with two attached hydrogens (primary N) is 1. The minimum Gasteiger partial charge on any atom is -0.369 e. The average molecular weight is 422 g/mol. The number of primary amides is 1. The molecule has 2 aromatic rings. The standard InChI is InChI=1S/C23H31N7O/c1-4-17(18(5-2)12-22(24)31)6-7-21-16(3)13-26-23(29-21)28-19-14-27-30(15-19)20-8-10-25-11-9-20/h4-5,13-15,20,25H,1-2,6-12H2,3H3,(H2,24,31)(H,26,28,29)/b18-17-. The Morgan fingerprint density at radius 1 is 1.29 bits per heavy atom. The number of allylic oxidation sites excluding steroid dienone is 3. The number of carbonyl (C=O) groups excluding carboxylic acids is 1. The molecule has 0 aromatic carbocycles. The van der Waals surface area contributed by atoms with E-state index < -0.39 is 0 Å². The highest BCUT2D eigenvalue weighted by Crippen LogP contribution is 2.22. The number of piperidine rings is 1. The molecule has 0 spiro atoms. The molecule has 1 fully saturated rings.